The lowest BCUT2D eigenvalue weighted by Gasteiger charge is -2.26. The zero-order chi connectivity index (χ0) is 19.9. The average Bonchev–Trinajstić information content (AvgIpc) is 2.75. The van der Waals surface area contributed by atoms with E-state index in [1.54, 1.807) is 7.11 Å². The number of aromatic nitrogens is 2. The molecule has 7 heteroatoms. The summed E-state index contributed by atoms with van der Waals surface area (Å²) in [5.74, 6) is 1.33. The molecule has 0 radical (unpaired) electrons. The molecule has 1 saturated heterocycles. The second kappa shape index (κ2) is 9.39. The molecule has 0 saturated carbocycles. The summed E-state index contributed by atoms with van der Waals surface area (Å²) >= 11 is 0. The van der Waals surface area contributed by atoms with Gasteiger partial charge in [-0.2, -0.15) is 5.10 Å². The van der Waals surface area contributed by atoms with Crippen molar-refractivity contribution in [3.8, 4) is 22.8 Å². The molecule has 1 aromatic heterocycles. The summed E-state index contributed by atoms with van der Waals surface area (Å²) in [7, 11) is 3.13. The van der Waals surface area contributed by atoms with Gasteiger partial charge in [-0.15, -0.1) is 0 Å². The third kappa shape index (κ3) is 4.71. The Hall–Kier alpha value is -2.83. The highest BCUT2D eigenvalue weighted by atomic mass is 16.5. The molecule has 1 fully saturated rings. The third-order valence-electron chi connectivity index (χ3n) is 5.02. The van der Waals surface area contributed by atoms with Gasteiger partial charge in [0.25, 0.3) is 5.56 Å². The van der Waals surface area contributed by atoms with E-state index >= 15 is 0 Å². The summed E-state index contributed by atoms with van der Waals surface area (Å²) in [6.07, 6.45) is 4.37. The first-order chi connectivity index (χ1) is 13.6. The van der Waals surface area contributed by atoms with Gasteiger partial charge in [-0.05, 0) is 49.9 Å². The van der Waals surface area contributed by atoms with Gasteiger partial charge in [-0.1, -0.05) is 0 Å². The van der Waals surface area contributed by atoms with Crippen LogP contribution in [0.2, 0.25) is 0 Å². The van der Waals surface area contributed by atoms with Crippen molar-refractivity contribution in [2.24, 2.45) is 0 Å². The zero-order valence-electron chi connectivity index (χ0n) is 16.5. The Bertz CT molecular complexity index is 855. The van der Waals surface area contributed by atoms with Crippen molar-refractivity contribution in [2.45, 2.75) is 38.6 Å². The van der Waals surface area contributed by atoms with Crippen molar-refractivity contribution in [1.29, 1.82) is 0 Å². The van der Waals surface area contributed by atoms with E-state index in [1.807, 2.05) is 29.2 Å². The number of amides is 1. The molecule has 28 heavy (non-hydrogen) atoms. The Morgan fingerprint density at radius 2 is 1.79 bits per heavy atom. The molecule has 1 amide bonds. The van der Waals surface area contributed by atoms with Crippen molar-refractivity contribution < 1.29 is 14.3 Å². The van der Waals surface area contributed by atoms with E-state index in [0.717, 1.165) is 37.2 Å². The number of aryl methyl sites for hydroxylation is 1. The predicted molar refractivity (Wildman–Crippen MR) is 107 cm³/mol. The minimum atomic E-state index is -0.237. The first kappa shape index (κ1) is 19.9. The molecule has 2 aromatic rings. The van der Waals surface area contributed by atoms with Crippen LogP contribution in [0.3, 0.4) is 0 Å². The van der Waals surface area contributed by atoms with E-state index in [0.29, 0.717) is 30.8 Å². The van der Waals surface area contributed by atoms with Gasteiger partial charge in [0.2, 0.25) is 5.91 Å². The highest BCUT2D eigenvalue weighted by Crippen LogP contribution is 2.27. The highest BCUT2D eigenvalue weighted by Gasteiger charge is 2.17. The molecule has 0 N–H and O–H groups in total. The average molecular weight is 385 g/mol. The van der Waals surface area contributed by atoms with E-state index < -0.39 is 0 Å². The smallest absolute Gasteiger partial charge is 0.270 e. The number of rotatable bonds is 7. The standard InChI is InChI=1S/C21H27N3O4/c1-27-17-10-8-16(9-11-17)21-18(28-2)15-20(26)24(22-21)14-6-7-19(25)23-12-4-3-5-13-23/h8-11,15H,3-7,12-14H2,1-2H3. The molecular formula is C21H27N3O4. The second-order valence-corrected chi connectivity index (χ2v) is 6.90. The maximum Gasteiger partial charge on any atom is 0.270 e. The molecule has 150 valence electrons. The van der Waals surface area contributed by atoms with Gasteiger partial charge in [-0.3, -0.25) is 9.59 Å². The molecule has 1 aliphatic heterocycles. The molecule has 7 nitrogen and oxygen atoms in total. The van der Waals surface area contributed by atoms with Crippen molar-refractivity contribution in [2.75, 3.05) is 27.3 Å². The number of likely N-dealkylation sites (tertiary alicyclic amines) is 1. The number of methoxy groups -OCH3 is 2. The van der Waals surface area contributed by atoms with Gasteiger partial charge in [0.05, 0.1) is 14.2 Å². The quantitative estimate of drug-likeness (QED) is 0.733. The molecule has 1 aliphatic rings. The van der Waals surface area contributed by atoms with Crippen LogP contribution >= 0.6 is 0 Å². The number of hydrogen-bond donors (Lipinski definition) is 0. The summed E-state index contributed by atoms with van der Waals surface area (Å²) < 4.78 is 11.9. The van der Waals surface area contributed by atoms with E-state index in [1.165, 1.54) is 24.3 Å². The summed E-state index contributed by atoms with van der Waals surface area (Å²) in [6.45, 7) is 2.09. The zero-order valence-corrected chi connectivity index (χ0v) is 16.5. The third-order valence-corrected chi connectivity index (χ3v) is 5.02. The van der Waals surface area contributed by atoms with Crippen molar-refractivity contribution in [3.05, 3.63) is 40.7 Å². The predicted octanol–water partition coefficient (Wildman–Crippen LogP) is 2.72. The van der Waals surface area contributed by atoms with Crippen LogP contribution in [0.4, 0.5) is 0 Å². The molecule has 0 atom stereocenters. The molecule has 2 heterocycles. The number of carbonyl (C=O) groups is 1. The van der Waals surface area contributed by atoms with Crippen LogP contribution in [0.1, 0.15) is 32.1 Å². The molecule has 0 unspecified atom stereocenters. The van der Waals surface area contributed by atoms with Crippen LogP contribution in [-0.2, 0) is 11.3 Å². The highest BCUT2D eigenvalue weighted by molar-refractivity contribution is 5.76. The van der Waals surface area contributed by atoms with Crippen LogP contribution in [0.15, 0.2) is 35.1 Å². The number of benzene rings is 1. The minimum Gasteiger partial charge on any atom is -0.497 e. The van der Waals surface area contributed by atoms with Crippen molar-refractivity contribution in [1.82, 2.24) is 14.7 Å². The van der Waals surface area contributed by atoms with Crippen LogP contribution in [0, 0.1) is 0 Å². The van der Waals surface area contributed by atoms with Gasteiger partial charge in [-0.25, -0.2) is 4.68 Å². The van der Waals surface area contributed by atoms with Crippen LogP contribution in [0.5, 0.6) is 11.5 Å². The fraction of sp³-hybridized carbons (Fsp3) is 0.476. The monoisotopic (exact) mass is 385 g/mol. The summed E-state index contributed by atoms with van der Waals surface area (Å²) in [5.41, 5.74) is 1.18. The topological polar surface area (TPSA) is 73.7 Å². The molecular weight excluding hydrogens is 358 g/mol. The summed E-state index contributed by atoms with van der Waals surface area (Å²) in [6, 6.07) is 8.86. The second-order valence-electron chi connectivity index (χ2n) is 6.90. The van der Waals surface area contributed by atoms with Crippen LogP contribution in [0.25, 0.3) is 11.3 Å². The van der Waals surface area contributed by atoms with Crippen molar-refractivity contribution in [3.63, 3.8) is 0 Å². The Labute approximate surface area is 164 Å². The van der Waals surface area contributed by atoms with Gasteiger partial charge in [0.15, 0.2) is 5.75 Å². The van der Waals surface area contributed by atoms with E-state index in [2.05, 4.69) is 5.10 Å². The maximum atomic E-state index is 12.4. The first-order valence-electron chi connectivity index (χ1n) is 9.70. The number of ether oxygens (including phenoxy) is 2. The molecule has 3 rings (SSSR count). The van der Waals surface area contributed by atoms with Gasteiger partial charge in [0, 0.05) is 37.7 Å². The minimum absolute atomic E-state index is 0.164. The van der Waals surface area contributed by atoms with Gasteiger partial charge in [0.1, 0.15) is 11.4 Å². The van der Waals surface area contributed by atoms with Crippen LogP contribution in [-0.4, -0.2) is 47.9 Å². The molecule has 0 aliphatic carbocycles. The van der Waals surface area contributed by atoms with E-state index in [-0.39, 0.29) is 11.5 Å². The lowest BCUT2D eigenvalue weighted by atomic mass is 10.1. The normalized spacial score (nSPS) is 14.0. The summed E-state index contributed by atoms with van der Waals surface area (Å²) in [4.78, 5) is 26.6. The van der Waals surface area contributed by atoms with Crippen LogP contribution < -0.4 is 15.0 Å². The van der Waals surface area contributed by atoms with E-state index in [4.69, 9.17) is 9.47 Å². The number of piperidine rings is 1. The summed E-state index contributed by atoms with van der Waals surface area (Å²) in [5, 5.41) is 4.49. The Kier molecular flexibility index (Phi) is 6.68. The molecule has 0 spiro atoms. The largest absolute Gasteiger partial charge is 0.497 e. The number of nitrogens with zero attached hydrogens (tertiary/aromatic N) is 3. The Balaban J connectivity index is 1.72. The first-order valence-corrected chi connectivity index (χ1v) is 9.70. The van der Waals surface area contributed by atoms with Gasteiger partial charge >= 0.3 is 0 Å². The lowest BCUT2D eigenvalue weighted by Crippen LogP contribution is -2.35. The fourth-order valence-corrected chi connectivity index (χ4v) is 3.42. The fourth-order valence-electron chi connectivity index (χ4n) is 3.42. The lowest BCUT2D eigenvalue weighted by molar-refractivity contribution is -0.132. The molecule has 1 aromatic carbocycles. The SMILES string of the molecule is COc1ccc(-c2nn(CCCC(=O)N3CCCCC3)c(=O)cc2OC)cc1. The molecule has 0 bridgehead atoms. The number of carbonyl (C=O) groups excluding carboxylic acids is 1. The maximum absolute atomic E-state index is 12.4. The van der Waals surface area contributed by atoms with Crippen molar-refractivity contribution >= 4 is 5.91 Å². The van der Waals surface area contributed by atoms with Gasteiger partial charge < -0.3 is 14.4 Å². The Morgan fingerprint density at radius 3 is 2.43 bits per heavy atom. The van der Waals surface area contributed by atoms with E-state index in [9.17, 15) is 9.59 Å². The Morgan fingerprint density at radius 1 is 1.07 bits per heavy atom. The number of hydrogen-bond acceptors (Lipinski definition) is 5.